The van der Waals surface area contributed by atoms with Crippen molar-refractivity contribution in [2.24, 2.45) is 0 Å². The van der Waals surface area contributed by atoms with Crippen LogP contribution in [0.5, 0.6) is 0 Å². The van der Waals surface area contributed by atoms with Gasteiger partial charge in [-0.1, -0.05) is 279 Å². The summed E-state index contributed by atoms with van der Waals surface area (Å²) < 4.78 is 31.6. The van der Waals surface area contributed by atoms with Crippen molar-refractivity contribution in [3.05, 3.63) is 388 Å². The topological polar surface area (TPSA) is 147 Å². The van der Waals surface area contributed by atoms with Gasteiger partial charge in [-0.2, -0.15) is 0 Å². The Kier molecular flexibility index (Phi) is 26.0. The number of aliphatic hydroxyl groups is 2. The second kappa shape index (κ2) is 38.1. The summed E-state index contributed by atoms with van der Waals surface area (Å²) in [4.78, 5) is 48.5. The first-order chi connectivity index (χ1) is 64.8. The number of carbonyl (C=O) groups excluding carboxylic acids is 2. The first-order valence-electron chi connectivity index (χ1n) is 43.3. The van der Waals surface area contributed by atoms with Gasteiger partial charge in [0.25, 0.3) is 0 Å². The number of hydrogen-bond acceptors (Lipinski definition) is 15. The molecule has 2 N–H and O–H groups in total. The van der Waals surface area contributed by atoms with Crippen molar-refractivity contribution in [1.29, 1.82) is 0 Å². The van der Waals surface area contributed by atoms with Crippen LogP contribution in [0, 0.1) is 18.2 Å². The summed E-state index contributed by atoms with van der Waals surface area (Å²) >= 11 is 10.6. The van der Waals surface area contributed by atoms with Gasteiger partial charge < -0.3 is 19.3 Å². The number of hydrogen-bond donors (Lipinski definition) is 2. The molecule has 9 heterocycles. The minimum Gasteiger partial charge on any atom is -0.512 e. The van der Waals surface area contributed by atoms with Gasteiger partial charge in [0.15, 0.2) is 11.6 Å². The van der Waals surface area contributed by atoms with Gasteiger partial charge >= 0.3 is 0 Å². The van der Waals surface area contributed by atoms with Crippen LogP contribution in [0.3, 0.4) is 0 Å². The largest absolute Gasteiger partial charge is 0.512 e. The first-order valence-corrected chi connectivity index (χ1v) is 52.9. The Hall–Kier alpha value is -10.9. The maximum atomic E-state index is 15.8. The summed E-state index contributed by atoms with van der Waals surface area (Å²) in [5, 5.41) is 44.4. The van der Waals surface area contributed by atoms with Crippen LogP contribution in [-0.4, -0.2) is 36.7 Å². The monoisotopic (exact) mass is 2460 g/mol. The Morgan fingerprint density at radius 3 is 0.824 bits per heavy atom. The fourth-order valence-electron chi connectivity index (χ4n) is 18.4. The Bertz CT molecular complexity index is 8120. The molecule has 3 atom stereocenters. The number of pyridine rings is 3. The molecule has 27 rings (SSSR count). The molecule has 0 spiro atoms. The van der Waals surface area contributed by atoms with Gasteiger partial charge in [-0.3, -0.25) is 24.5 Å². The van der Waals surface area contributed by atoms with Gasteiger partial charge in [0.1, 0.15) is 14.3 Å². The van der Waals surface area contributed by atoms with Crippen molar-refractivity contribution < 1.29 is 89.2 Å². The van der Waals surface area contributed by atoms with E-state index in [4.69, 9.17) is 25.2 Å². The summed E-state index contributed by atoms with van der Waals surface area (Å²) in [7, 11) is -7.04. The van der Waals surface area contributed by atoms with Crippen LogP contribution >= 0.6 is 92.8 Å². The average molecular weight is 2450 g/mol. The van der Waals surface area contributed by atoms with Crippen LogP contribution in [0.2, 0.25) is 0 Å². The van der Waals surface area contributed by atoms with Crippen molar-refractivity contribution in [3.63, 3.8) is 0 Å². The number of ketones is 2. The number of benzene rings is 18. The van der Waals surface area contributed by atoms with E-state index in [1.807, 2.05) is 59.9 Å². The number of aromatic nitrogens is 3. The normalized spacial score (nSPS) is 15.5. The molecule has 3 aromatic heterocycles. The molecule has 21 aromatic rings. The predicted octanol–water partition coefficient (Wildman–Crippen LogP) is 27.9. The van der Waals surface area contributed by atoms with E-state index in [0.29, 0.717) is 0 Å². The molecule has 0 fully saturated rings. The molecule has 0 bridgehead atoms. The van der Waals surface area contributed by atoms with E-state index in [9.17, 15) is 9.59 Å². The van der Waals surface area contributed by atoms with E-state index in [2.05, 4.69) is 328 Å². The van der Waals surface area contributed by atoms with E-state index < -0.39 is 22.2 Å². The van der Waals surface area contributed by atoms with Crippen molar-refractivity contribution >= 4 is 249 Å². The molecular formula is C115H73Ir3N3O6P3S6-3. The standard InChI is InChI=1S/2C35H19NOPS2.C35H19NPS2.2C5H8O2.3Ir/c2*37-38-29-15-22-8-1-3-10-24(22)17-31(29)39-33-19-26(28-14-13-21-7-5-6-12-27(21)36-28)20-34(35(33)38)40-32-18-25-11-4-2-9-23(25)16-30(32)38;1-3-10-24-17-31-29(15-22(24)8-1)37-30-16-23-9-2-4-11-25(23)18-32(30)39-34-20-26(19-33(38-31)35(34)37)28-14-13-21-7-5-6-12-27(21)36-28;2*1-4(6)3-5(2)7;;;/h2*1-19H;1-19H;2*3,6H,1-2H3;;;/q3*-1;;;;;. The Labute approximate surface area is 852 Å². The minimum atomic E-state index is -3.17. The van der Waals surface area contributed by atoms with E-state index >= 15 is 9.13 Å². The summed E-state index contributed by atoms with van der Waals surface area (Å²) in [5.41, 5.74) is 8.60. The molecule has 9 nitrogen and oxygen atoms in total. The van der Waals surface area contributed by atoms with Crippen LogP contribution < -0.4 is 47.7 Å². The summed E-state index contributed by atoms with van der Waals surface area (Å²) in [6.07, 6.45) is 2.33. The van der Waals surface area contributed by atoms with Gasteiger partial charge in [-0.15, -0.1) is 124 Å². The molecule has 136 heavy (non-hydrogen) atoms. The third kappa shape index (κ3) is 17.2. The first kappa shape index (κ1) is 92.8. The number of rotatable bonds is 5. The zero-order chi connectivity index (χ0) is 90.1. The number of para-hydroxylation sites is 3. The molecule has 6 aliphatic heterocycles. The third-order valence-electron chi connectivity index (χ3n) is 24.3. The van der Waals surface area contributed by atoms with Crippen LogP contribution in [0.4, 0.5) is 0 Å². The van der Waals surface area contributed by atoms with E-state index in [1.54, 1.807) is 47.0 Å². The summed E-state index contributed by atoms with van der Waals surface area (Å²) in [5.74, 6) is -0.125. The van der Waals surface area contributed by atoms with Gasteiger partial charge in [-0.25, -0.2) is 0 Å². The number of nitrogens with zero attached hydrogens (tertiary/aromatic N) is 3. The molecule has 0 amide bonds. The van der Waals surface area contributed by atoms with Gasteiger partial charge in [0.2, 0.25) is 0 Å². The molecule has 0 saturated heterocycles. The number of fused-ring (bicyclic) bond motifs is 21. The quantitative estimate of drug-likeness (QED) is 0.0728. The smallest absolute Gasteiger partial charge is 0.155 e. The Morgan fingerprint density at radius 1 is 0.279 bits per heavy atom. The van der Waals surface area contributed by atoms with Crippen LogP contribution in [-0.2, 0) is 79.0 Å². The average Bonchev–Trinajstić information content (AvgIpc) is 0.695. The van der Waals surface area contributed by atoms with E-state index in [0.717, 1.165) is 181 Å². The molecule has 665 valence electrons. The number of aliphatic hydroxyl groups excluding tert-OH is 2. The molecule has 21 heteroatoms. The minimum absolute atomic E-state index is 0. The van der Waals surface area contributed by atoms with Crippen molar-refractivity contribution in [3.8, 4) is 33.8 Å². The SMILES string of the molecule is CC(=O)C=C(C)O.CC(=O)C=C(C)O.O=P12c3cc4ccccc4cc3Sc3[c-]c(-c4ccc5ccccc5n4)cc(c31)Sc1cc3ccccc3cc12.O=P12c3cc4ccccc4cc3Sc3[c-]c(-c4ccc5ccccc5n4)cc(c31)Sc1cc3ccccc3cc12.[Ir].[Ir].[Ir].[c-]1c(-c2ccc3ccccc3n2)cc2c3c1Sc1cc4ccccc4cc1P3c1cc3ccccc3cc1S2. The molecular weight excluding hydrogens is 2380 g/mol. The van der Waals surface area contributed by atoms with Gasteiger partial charge in [0, 0.05) is 123 Å². The van der Waals surface area contributed by atoms with Crippen LogP contribution in [0.1, 0.15) is 27.7 Å². The maximum absolute atomic E-state index is 15.8. The maximum Gasteiger partial charge on any atom is 0.155 e. The molecule has 0 aliphatic carbocycles. The predicted molar refractivity (Wildman–Crippen MR) is 559 cm³/mol. The zero-order valence-corrected chi connectivity index (χ0v) is 87.5. The van der Waals surface area contributed by atoms with Crippen LogP contribution in [0.25, 0.3) is 131 Å². The Balaban J connectivity index is 0.000000116. The number of carbonyl (C=O) groups is 2. The molecule has 18 aromatic carbocycles. The van der Waals surface area contributed by atoms with Crippen LogP contribution in [0.15, 0.2) is 428 Å². The molecule has 6 aliphatic rings. The van der Waals surface area contributed by atoms with Crippen molar-refractivity contribution in [2.45, 2.75) is 86.4 Å². The Morgan fingerprint density at radius 2 is 0.522 bits per heavy atom. The summed E-state index contributed by atoms with van der Waals surface area (Å²) in [6, 6.07) is 133. The van der Waals surface area contributed by atoms with E-state index in [-0.39, 0.29) is 83.4 Å². The molecule has 0 saturated carbocycles. The van der Waals surface area contributed by atoms with Crippen molar-refractivity contribution in [2.75, 3.05) is 0 Å². The van der Waals surface area contributed by atoms with Crippen molar-refractivity contribution in [1.82, 2.24) is 15.0 Å². The third-order valence-corrected chi connectivity index (χ3v) is 41.6. The second-order valence-electron chi connectivity index (χ2n) is 33.3. The molecule has 3 radical (unpaired) electrons. The summed E-state index contributed by atoms with van der Waals surface area (Å²) in [6.45, 7) is 5.70. The van der Waals surface area contributed by atoms with Gasteiger partial charge in [0.05, 0.1) is 28.1 Å². The van der Waals surface area contributed by atoms with Gasteiger partial charge in [-0.05, 0) is 238 Å². The fraction of sp³-hybridized carbons (Fsp3) is 0.0348. The second-order valence-corrected chi connectivity index (χ2v) is 47.1. The number of allylic oxidation sites excluding steroid dienone is 4. The molecule has 3 unspecified atom stereocenters. The fourth-order valence-corrected chi connectivity index (χ4v) is 38.2. The zero-order valence-electron chi connectivity index (χ0n) is 72.7. The van der Waals surface area contributed by atoms with E-state index in [1.165, 1.54) is 96.9 Å².